The van der Waals surface area contributed by atoms with Crippen LogP contribution in [0.2, 0.25) is 0 Å². The van der Waals surface area contributed by atoms with Gasteiger partial charge in [-0.25, -0.2) is 4.98 Å². The maximum atomic E-state index is 12.4. The molecule has 0 spiro atoms. The number of aryl methyl sites for hydroxylation is 3. The van der Waals surface area contributed by atoms with Crippen molar-refractivity contribution in [3.8, 4) is 0 Å². The van der Waals surface area contributed by atoms with Gasteiger partial charge in [-0.2, -0.15) is 4.68 Å². The van der Waals surface area contributed by atoms with E-state index in [-0.39, 0.29) is 11.7 Å². The largest absolute Gasteiger partial charge is 0.390 e. The molecule has 1 N–H and O–H groups in total. The fourth-order valence-electron chi connectivity index (χ4n) is 2.06. The van der Waals surface area contributed by atoms with E-state index in [0.29, 0.717) is 17.2 Å². The second kappa shape index (κ2) is 6.22. The number of amides is 1. The third kappa shape index (κ3) is 3.14. The molecule has 0 aliphatic carbocycles. The maximum Gasteiger partial charge on any atom is 0.390 e. The standard InChI is InChI=1S/C13H17N5O3S/c1-5-10(17-7(2)6-11(16-17)18(20)21)12(19)15-13-14-8(3)9(4)22-13/h6,10H,5H2,1-4H3,(H,14,15,19). The van der Waals surface area contributed by atoms with E-state index in [1.165, 1.54) is 22.1 Å². The Balaban J connectivity index is 2.23. The topological polar surface area (TPSA) is 103 Å². The number of carbonyl (C=O) groups is 1. The summed E-state index contributed by atoms with van der Waals surface area (Å²) in [6, 6.07) is 0.742. The van der Waals surface area contributed by atoms with Gasteiger partial charge in [0.2, 0.25) is 0 Å². The molecule has 1 unspecified atom stereocenters. The van der Waals surface area contributed by atoms with E-state index < -0.39 is 11.0 Å². The summed E-state index contributed by atoms with van der Waals surface area (Å²) in [6.07, 6.45) is 0.467. The number of nitro groups is 1. The van der Waals surface area contributed by atoms with Crippen molar-refractivity contribution >= 4 is 28.2 Å². The Bertz CT molecular complexity index is 702. The zero-order valence-corrected chi connectivity index (χ0v) is 13.6. The number of hydrogen-bond acceptors (Lipinski definition) is 6. The molecule has 1 atom stereocenters. The van der Waals surface area contributed by atoms with Crippen molar-refractivity contribution in [2.45, 2.75) is 40.2 Å². The van der Waals surface area contributed by atoms with Crippen LogP contribution in [0.1, 0.15) is 35.7 Å². The molecule has 0 fully saturated rings. The fourth-order valence-corrected chi connectivity index (χ4v) is 2.88. The number of nitrogens with one attached hydrogen (secondary N) is 1. The minimum Gasteiger partial charge on any atom is -0.358 e. The number of rotatable bonds is 5. The molecule has 1 amide bonds. The van der Waals surface area contributed by atoms with Crippen molar-refractivity contribution in [2.24, 2.45) is 0 Å². The third-order valence-corrected chi connectivity index (χ3v) is 4.33. The number of hydrogen-bond donors (Lipinski definition) is 1. The first-order valence-electron chi connectivity index (χ1n) is 6.79. The van der Waals surface area contributed by atoms with E-state index in [9.17, 15) is 14.9 Å². The predicted octanol–water partition coefficient (Wildman–Crippen LogP) is 2.76. The lowest BCUT2D eigenvalue weighted by molar-refractivity contribution is -0.389. The molecule has 0 aliphatic heterocycles. The molecule has 0 saturated heterocycles. The summed E-state index contributed by atoms with van der Waals surface area (Å²) >= 11 is 1.40. The number of carbonyl (C=O) groups excluding carboxylic acids is 1. The summed E-state index contributed by atoms with van der Waals surface area (Å²) in [5.74, 6) is -0.540. The van der Waals surface area contributed by atoms with Crippen LogP contribution >= 0.6 is 11.3 Å². The van der Waals surface area contributed by atoms with Crippen molar-refractivity contribution in [2.75, 3.05) is 5.32 Å². The van der Waals surface area contributed by atoms with Crippen molar-refractivity contribution < 1.29 is 9.72 Å². The van der Waals surface area contributed by atoms with Gasteiger partial charge in [-0.05, 0) is 32.1 Å². The lowest BCUT2D eigenvalue weighted by atomic mass is 10.2. The average Bonchev–Trinajstić information content (AvgIpc) is 2.95. The van der Waals surface area contributed by atoms with E-state index >= 15 is 0 Å². The Hall–Kier alpha value is -2.29. The van der Waals surface area contributed by atoms with E-state index in [1.807, 2.05) is 20.8 Å². The molecule has 0 bridgehead atoms. The first-order valence-corrected chi connectivity index (χ1v) is 7.60. The average molecular weight is 323 g/mol. The van der Waals surface area contributed by atoms with Crippen molar-refractivity contribution in [1.29, 1.82) is 0 Å². The molecule has 22 heavy (non-hydrogen) atoms. The van der Waals surface area contributed by atoms with Gasteiger partial charge in [0.25, 0.3) is 5.91 Å². The van der Waals surface area contributed by atoms with Crippen LogP contribution in [0.15, 0.2) is 6.07 Å². The summed E-state index contributed by atoms with van der Waals surface area (Å²) in [5, 5.41) is 18.0. The Kier molecular flexibility index (Phi) is 4.55. The predicted molar refractivity (Wildman–Crippen MR) is 83.2 cm³/mol. The van der Waals surface area contributed by atoms with E-state index in [1.54, 1.807) is 6.92 Å². The van der Waals surface area contributed by atoms with Crippen LogP contribution in [0.3, 0.4) is 0 Å². The van der Waals surface area contributed by atoms with Gasteiger partial charge in [-0.3, -0.25) is 4.79 Å². The molecule has 0 aliphatic rings. The molecular weight excluding hydrogens is 306 g/mol. The SMILES string of the molecule is CCC(C(=O)Nc1nc(C)c(C)s1)n1nc([N+](=O)[O-])cc1C. The van der Waals surface area contributed by atoms with Gasteiger partial charge in [0.1, 0.15) is 0 Å². The lowest BCUT2D eigenvalue weighted by Gasteiger charge is -2.12. The molecule has 8 nitrogen and oxygen atoms in total. The van der Waals surface area contributed by atoms with Crippen LogP contribution < -0.4 is 5.32 Å². The molecule has 2 aromatic heterocycles. The molecule has 2 rings (SSSR count). The summed E-state index contributed by atoms with van der Waals surface area (Å²) in [6.45, 7) is 7.32. The Morgan fingerprint density at radius 3 is 2.64 bits per heavy atom. The van der Waals surface area contributed by atoms with Crippen LogP contribution in [0.25, 0.3) is 0 Å². The second-order valence-corrected chi connectivity index (χ2v) is 6.12. The highest BCUT2D eigenvalue weighted by Gasteiger charge is 2.27. The quantitative estimate of drug-likeness (QED) is 0.673. The second-order valence-electron chi connectivity index (χ2n) is 4.92. The van der Waals surface area contributed by atoms with Gasteiger partial charge < -0.3 is 15.4 Å². The van der Waals surface area contributed by atoms with Gasteiger partial charge in [0.05, 0.1) is 22.6 Å². The highest BCUT2D eigenvalue weighted by molar-refractivity contribution is 7.15. The van der Waals surface area contributed by atoms with Gasteiger partial charge in [-0.15, -0.1) is 11.3 Å². The third-order valence-electron chi connectivity index (χ3n) is 3.34. The fraction of sp³-hybridized carbons (Fsp3) is 0.462. The maximum absolute atomic E-state index is 12.4. The minimum atomic E-state index is -0.613. The summed E-state index contributed by atoms with van der Waals surface area (Å²) in [4.78, 5) is 28.0. The molecule has 9 heteroatoms. The van der Waals surface area contributed by atoms with Gasteiger partial charge in [0.15, 0.2) is 11.2 Å². The zero-order valence-electron chi connectivity index (χ0n) is 12.8. The van der Waals surface area contributed by atoms with E-state index in [2.05, 4.69) is 15.4 Å². The van der Waals surface area contributed by atoms with Crippen LogP contribution in [0, 0.1) is 30.9 Å². The van der Waals surface area contributed by atoms with E-state index in [0.717, 1.165) is 10.6 Å². The summed E-state index contributed by atoms with van der Waals surface area (Å²) in [7, 11) is 0. The van der Waals surface area contributed by atoms with Gasteiger partial charge in [0, 0.05) is 4.88 Å². The number of aromatic nitrogens is 3. The molecule has 2 aromatic rings. The number of thiazole rings is 1. The van der Waals surface area contributed by atoms with Crippen molar-refractivity contribution in [3.05, 3.63) is 32.4 Å². The Labute approximate surface area is 131 Å². The number of nitrogens with zero attached hydrogens (tertiary/aromatic N) is 4. The van der Waals surface area contributed by atoms with Crippen molar-refractivity contribution in [1.82, 2.24) is 14.8 Å². The molecule has 0 aromatic carbocycles. The lowest BCUT2D eigenvalue weighted by Crippen LogP contribution is -2.27. The van der Waals surface area contributed by atoms with Crippen LogP contribution in [0.4, 0.5) is 10.9 Å². The number of anilines is 1. The Morgan fingerprint density at radius 1 is 1.50 bits per heavy atom. The first kappa shape index (κ1) is 16.1. The van der Waals surface area contributed by atoms with Gasteiger partial charge in [-0.1, -0.05) is 6.92 Å². The summed E-state index contributed by atoms with van der Waals surface area (Å²) in [5.41, 5.74) is 1.44. The normalized spacial score (nSPS) is 12.2. The highest BCUT2D eigenvalue weighted by Crippen LogP contribution is 2.24. The van der Waals surface area contributed by atoms with Crippen molar-refractivity contribution in [3.63, 3.8) is 0 Å². The molecule has 0 radical (unpaired) electrons. The molecular formula is C13H17N5O3S. The molecule has 118 valence electrons. The zero-order chi connectivity index (χ0) is 16.4. The highest BCUT2D eigenvalue weighted by atomic mass is 32.1. The molecule has 2 heterocycles. The minimum absolute atomic E-state index is 0.260. The van der Waals surface area contributed by atoms with Gasteiger partial charge >= 0.3 is 5.82 Å². The summed E-state index contributed by atoms with van der Waals surface area (Å²) < 4.78 is 1.39. The van der Waals surface area contributed by atoms with E-state index in [4.69, 9.17) is 0 Å². The van der Waals surface area contributed by atoms with Crippen LogP contribution in [-0.2, 0) is 4.79 Å². The monoisotopic (exact) mass is 323 g/mol. The van der Waals surface area contributed by atoms with Crippen LogP contribution in [-0.4, -0.2) is 25.6 Å². The smallest absolute Gasteiger partial charge is 0.358 e. The Morgan fingerprint density at radius 2 is 2.18 bits per heavy atom. The van der Waals surface area contributed by atoms with Crippen LogP contribution in [0.5, 0.6) is 0 Å². The first-order chi connectivity index (χ1) is 10.3. The molecule has 0 saturated carbocycles.